The molecule has 27 heavy (non-hydrogen) atoms. The number of carbonyl (C=O) groups is 1. The van der Waals surface area contributed by atoms with Crippen molar-refractivity contribution in [1.29, 1.82) is 0 Å². The van der Waals surface area contributed by atoms with Crippen LogP contribution in [-0.2, 0) is 18.8 Å². The number of nitrogens with two attached hydrogens (primary N) is 1. The van der Waals surface area contributed by atoms with Crippen molar-refractivity contribution < 1.29 is 18.8 Å². The quantitative estimate of drug-likeness (QED) is 0.638. The number of methoxy groups -OCH3 is 1. The van der Waals surface area contributed by atoms with Gasteiger partial charge >= 0.3 is 7.12 Å². The van der Waals surface area contributed by atoms with E-state index in [0.717, 1.165) is 12.8 Å². The molecule has 0 aromatic heterocycles. The zero-order chi connectivity index (χ0) is 19.3. The fourth-order valence-corrected chi connectivity index (χ4v) is 5.36. The number of hydrogen-bond acceptors (Lipinski definition) is 5. The zero-order valence-corrected chi connectivity index (χ0v) is 18.3. The van der Waals surface area contributed by atoms with Gasteiger partial charge in [0.25, 0.3) is 0 Å². The first-order valence-corrected chi connectivity index (χ1v) is 9.97. The Morgan fingerprint density at radius 2 is 2.00 bits per heavy atom. The summed E-state index contributed by atoms with van der Waals surface area (Å²) in [5, 5.41) is 3.06. The lowest BCUT2D eigenvalue weighted by Gasteiger charge is -2.64. The lowest BCUT2D eigenvalue weighted by atomic mass is 9.43. The highest BCUT2D eigenvalue weighted by Crippen LogP contribution is 2.65. The standard InChI is InChI=1S/C19H35BN2O4.ClH/c1-11(2)7-16(22-17(23)13(21)10-24-6)20-25-15-9-12-8-14(18(12,3)4)19(15,5)26-20;/h11-16H,7-10,21H2,1-6H3,(H,22,23);1H/t12-,13+,14-,15+,16-,19-;/m0./s1. The van der Waals surface area contributed by atoms with Crippen LogP contribution in [-0.4, -0.2) is 50.4 Å². The van der Waals surface area contributed by atoms with Crippen LogP contribution in [0.3, 0.4) is 0 Å². The molecular weight excluding hydrogens is 366 g/mol. The average molecular weight is 403 g/mol. The number of hydrogen-bond donors (Lipinski definition) is 2. The molecule has 4 fully saturated rings. The summed E-state index contributed by atoms with van der Waals surface area (Å²) in [5.74, 6) is 1.21. The first kappa shape index (κ1) is 22.9. The van der Waals surface area contributed by atoms with E-state index in [1.165, 1.54) is 6.42 Å². The van der Waals surface area contributed by atoms with Gasteiger partial charge in [0.1, 0.15) is 6.04 Å². The molecule has 3 N–H and O–H groups in total. The minimum Gasteiger partial charge on any atom is -0.404 e. The van der Waals surface area contributed by atoms with Gasteiger partial charge in [-0.3, -0.25) is 4.79 Å². The van der Waals surface area contributed by atoms with Gasteiger partial charge in [-0.2, -0.15) is 0 Å². The molecule has 3 saturated carbocycles. The van der Waals surface area contributed by atoms with Crippen LogP contribution >= 0.6 is 12.4 Å². The molecule has 0 unspecified atom stereocenters. The van der Waals surface area contributed by atoms with E-state index in [4.69, 9.17) is 19.8 Å². The lowest BCUT2D eigenvalue weighted by Crippen LogP contribution is -2.65. The molecule has 0 aromatic carbocycles. The highest BCUT2D eigenvalue weighted by Gasteiger charge is 2.68. The maximum absolute atomic E-state index is 12.4. The first-order chi connectivity index (χ1) is 12.1. The van der Waals surface area contributed by atoms with Gasteiger partial charge < -0.3 is 25.1 Å². The molecule has 1 aliphatic heterocycles. The lowest BCUT2D eigenvalue weighted by molar-refractivity contribution is -0.199. The largest absolute Gasteiger partial charge is 0.481 e. The Morgan fingerprint density at radius 1 is 1.33 bits per heavy atom. The number of carbonyl (C=O) groups excluding carboxylic acids is 1. The molecule has 8 heteroatoms. The molecular formula is C19H36BClN2O4. The van der Waals surface area contributed by atoms with Crippen LogP contribution in [0.25, 0.3) is 0 Å². The summed E-state index contributed by atoms with van der Waals surface area (Å²) >= 11 is 0. The van der Waals surface area contributed by atoms with E-state index in [2.05, 4.69) is 39.9 Å². The summed E-state index contributed by atoms with van der Waals surface area (Å²) in [4.78, 5) is 12.4. The number of rotatable bonds is 7. The second-order valence-corrected chi connectivity index (χ2v) is 9.64. The van der Waals surface area contributed by atoms with Gasteiger partial charge in [-0.15, -0.1) is 12.4 Å². The molecule has 156 valence electrons. The molecule has 4 rings (SSSR count). The van der Waals surface area contributed by atoms with Gasteiger partial charge in [-0.25, -0.2) is 0 Å². The van der Waals surface area contributed by atoms with Crippen molar-refractivity contribution in [1.82, 2.24) is 5.32 Å². The monoisotopic (exact) mass is 402 g/mol. The Hall–Kier alpha value is -0.335. The Bertz CT molecular complexity index is 550. The zero-order valence-electron chi connectivity index (χ0n) is 17.5. The highest BCUT2D eigenvalue weighted by atomic mass is 35.5. The summed E-state index contributed by atoms with van der Waals surface area (Å²) in [6.07, 6.45) is 3.16. The fraction of sp³-hybridized carbons (Fsp3) is 0.947. The van der Waals surface area contributed by atoms with Crippen LogP contribution in [0, 0.1) is 23.2 Å². The van der Waals surface area contributed by atoms with Crippen molar-refractivity contribution >= 4 is 25.4 Å². The van der Waals surface area contributed by atoms with Crippen LogP contribution < -0.4 is 11.1 Å². The third kappa shape index (κ3) is 4.04. The van der Waals surface area contributed by atoms with E-state index >= 15 is 0 Å². The minimum absolute atomic E-state index is 0. The normalized spacial score (nSPS) is 35.7. The Balaban J connectivity index is 0.00000261. The number of nitrogens with one attached hydrogen (secondary N) is 1. The molecule has 0 spiro atoms. The molecule has 2 bridgehead atoms. The second kappa shape index (κ2) is 8.19. The minimum atomic E-state index is -0.680. The summed E-state index contributed by atoms with van der Waals surface area (Å²) in [5.41, 5.74) is 5.93. The maximum atomic E-state index is 12.4. The fourth-order valence-electron chi connectivity index (χ4n) is 5.36. The molecule has 0 radical (unpaired) electrons. The van der Waals surface area contributed by atoms with Crippen molar-refractivity contribution in [2.75, 3.05) is 13.7 Å². The first-order valence-electron chi connectivity index (χ1n) is 9.97. The summed E-state index contributed by atoms with van der Waals surface area (Å²) in [7, 11) is 1.13. The summed E-state index contributed by atoms with van der Waals surface area (Å²) < 4.78 is 17.9. The molecule has 1 saturated heterocycles. The van der Waals surface area contributed by atoms with Crippen LogP contribution in [0.15, 0.2) is 0 Å². The van der Waals surface area contributed by atoms with Crippen molar-refractivity contribution in [3.8, 4) is 0 Å². The van der Waals surface area contributed by atoms with Crippen molar-refractivity contribution in [2.24, 2.45) is 28.9 Å². The van der Waals surface area contributed by atoms with Crippen LogP contribution in [0.5, 0.6) is 0 Å². The number of halogens is 1. The molecule has 6 atom stereocenters. The predicted octanol–water partition coefficient (Wildman–Crippen LogP) is 2.18. The maximum Gasteiger partial charge on any atom is 0.481 e. The van der Waals surface area contributed by atoms with E-state index in [0.29, 0.717) is 23.2 Å². The van der Waals surface area contributed by atoms with E-state index in [-0.39, 0.29) is 42.6 Å². The van der Waals surface area contributed by atoms with E-state index in [9.17, 15) is 4.79 Å². The Labute approximate surface area is 170 Å². The molecule has 0 aromatic rings. The van der Waals surface area contributed by atoms with Gasteiger partial charge in [-0.1, -0.05) is 27.7 Å². The third-order valence-electron chi connectivity index (χ3n) is 7.03. The van der Waals surface area contributed by atoms with Crippen molar-refractivity contribution in [3.05, 3.63) is 0 Å². The SMILES string of the molecule is COC[C@@H](N)C(=O)N[C@@H](CC(C)C)B1O[C@@H]2C[C@@H]3C[C@@H](C3(C)C)[C@]2(C)O1.Cl. The summed E-state index contributed by atoms with van der Waals surface area (Å²) in [6.45, 7) is 11.4. The van der Waals surface area contributed by atoms with Gasteiger partial charge in [0.05, 0.1) is 24.3 Å². The van der Waals surface area contributed by atoms with Gasteiger partial charge in [-0.05, 0) is 49.4 Å². The molecule has 6 nitrogen and oxygen atoms in total. The number of amides is 1. The Kier molecular flexibility index (Phi) is 6.96. The third-order valence-corrected chi connectivity index (χ3v) is 7.03. The van der Waals surface area contributed by atoms with Gasteiger partial charge in [0, 0.05) is 7.11 Å². The van der Waals surface area contributed by atoms with Gasteiger partial charge in [0.15, 0.2) is 0 Å². The van der Waals surface area contributed by atoms with Crippen molar-refractivity contribution in [2.45, 2.75) is 77.6 Å². The van der Waals surface area contributed by atoms with Crippen LogP contribution in [0.1, 0.15) is 53.9 Å². The topological polar surface area (TPSA) is 82.8 Å². The highest BCUT2D eigenvalue weighted by molar-refractivity contribution is 6.47. The molecule has 3 aliphatic carbocycles. The van der Waals surface area contributed by atoms with E-state index in [1.54, 1.807) is 7.11 Å². The van der Waals surface area contributed by atoms with E-state index in [1.807, 2.05) is 0 Å². The second-order valence-electron chi connectivity index (χ2n) is 9.64. The van der Waals surface area contributed by atoms with Gasteiger partial charge in [0.2, 0.25) is 5.91 Å². The predicted molar refractivity (Wildman–Crippen MR) is 109 cm³/mol. The number of ether oxygens (including phenoxy) is 1. The van der Waals surface area contributed by atoms with Crippen molar-refractivity contribution in [3.63, 3.8) is 0 Å². The molecule has 1 amide bonds. The average Bonchev–Trinajstić information content (AvgIpc) is 2.90. The molecule has 4 aliphatic rings. The summed E-state index contributed by atoms with van der Waals surface area (Å²) in [6, 6.07) is -0.680. The smallest absolute Gasteiger partial charge is 0.404 e. The molecule has 1 heterocycles. The Morgan fingerprint density at radius 3 is 2.56 bits per heavy atom. The van der Waals surface area contributed by atoms with Crippen LogP contribution in [0.4, 0.5) is 0 Å². The van der Waals surface area contributed by atoms with Crippen LogP contribution in [0.2, 0.25) is 0 Å². The van der Waals surface area contributed by atoms with E-state index < -0.39 is 13.2 Å².